The lowest BCUT2D eigenvalue weighted by Gasteiger charge is -2.38. The van der Waals surface area contributed by atoms with Gasteiger partial charge in [0, 0.05) is 26.6 Å². The molecule has 1 aliphatic rings. The topological polar surface area (TPSA) is 63.0 Å². The van der Waals surface area contributed by atoms with E-state index in [1.807, 2.05) is 49.9 Å². The van der Waals surface area contributed by atoms with E-state index in [1.54, 1.807) is 30.1 Å². The van der Waals surface area contributed by atoms with Crippen LogP contribution in [0.15, 0.2) is 59.0 Å². The Morgan fingerprint density at radius 2 is 1.97 bits per heavy atom. The fourth-order valence-corrected chi connectivity index (χ4v) is 4.51. The molecular weight excluding hydrogens is 459 g/mol. The molecule has 1 atom stereocenters. The number of hydrogen-bond acceptors (Lipinski definition) is 4. The first-order valence-electron chi connectivity index (χ1n) is 12.4. The normalized spacial score (nSPS) is 15.1. The average Bonchev–Trinajstić information content (AvgIpc) is 3.34. The van der Waals surface area contributed by atoms with Crippen molar-refractivity contribution in [2.75, 3.05) is 20.1 Å². The Hall–Kier alpha value is -3.61. The first-order valence-corrected chi connectivity index (χ1v) is 12.4. The second-order valence-corrected chi connectivity index (χ2v) is 9.63. The van der Waals surface area contributed by atoms with Crippen LogP contribution in [0.5, 0.6) is 5.75 Å². The third kappa shape index (κ3) is 5.61. The van der Waals surface area contributed by atoms with Crippen molar-refractivity contribution in [2.24, 2.45) is 5.92 Å². The van der Waals surface area contributed by atoms with Crippen LogP contribution in [0.3, 0.4) is 0 Å². The molecule has 36 heavy (non-hydrogen) atoms. The molecule has 3 aromatic rings. The van der Waals surface area contributed by atoms with Crippen LogP contribution in [0.2, 0.25) is 0 Å². The molecule has 0 radical (unpaired) electrons. The van der Waals surface area contributed by atoms with Gasteiger partial charge in [-0.15, -0.1) is 0 Å². The van der Waals surface area contributed by atoms with Gasteiger partial charge in [0.25, 0.3) is 5.91 Å². The lowest BCUT2D eigenvalue weighted by Crippen LogP contribution is -2.41. The van der Waals surface area contributed by atoms with Crippen molar-refractivity contribution in [2.45, 2.75) is 46.3 Å². The van der Waals surface area contributed by atoms with Gasteiger partial charge in [0.05, 0.1) is 6.04 Å². The second kappa shape index (κ2) is 11.0. The molecule has 190 valence electrons. The fraction of sp³-hybridized carbons (Fsp3) is 0.379. The van der Waals surface area contributed by atoms with Crippen molar-refractivity contribution in [3.63, 3.8) is 0 Å². The summed E-state index contributed by atoms with van der Waals surface area (Å²) in [6.07, 6.45) is 1.16. The molecule has 0 saturated carbocycles. The summed E-state index contributed by atoms with van der Waals surface area (Å²) in [6, 6.07) is 15.3. The van der Waals surface area contributed by atoms with E-state index >= 15 is 0 Å². The molecule has 2 aromatic carbocycles. The minimum absolute atomic E-state index is 0.0565. The number of fused-ring (bicyclic) bond motifs is 1. The summed E-state index contributed by atoms with van der Waals surface area (Å²) >= 11 is 0. The van der Waals surface area contributed by atoms with Crippen LogP contribution >= 0.6 is 0 Å². The summed E-state index contributed by atoms with van der Waals surface area (Å²) in [7, 11) is 1.72. The highest BCUT2D eigenvalue weighted by atomic mass is 19.1. The summed E-state index contributed by atoms with van der Waals surface area (Å²) < 4.78 is 25.9. The monoisotopic (exact) mass is 492 g/mol. The fourth-order valence-electron chi connectivity index (χ4n) is 4.51. The number of rotatable bonds is 8. The number of benzene rings is 2. The molecule has 1 aromatic heterocycles. The zero-order valence-electron chi connectivity index (χ0n) is 21.3. The van der Waals surface area contributed by atoms with Gasteiger partial charge >= 0.3 is 0 Å². The Morgan fingerprint density at radius 3 is 2.69 bits per heavy atom. The third-order valence-electron chi connectivity index (χ3n) is 6.49. The molecule has 2 amide bonds. The molecule has 7 heteroatoms. The van der Waals surface area contributed by atoms with E-state index in [0.717, 1.165) is 23.1 Å². The standard InChI is InChI=1S/C29H33FN2O4/c1-5-31(4)29(34)26-12-11-24(36-26)18-35-23-10-9-20-13-14-32(27(33)15-19(2)3)28(25(20)17-23)21-7-6-8-22(30)16-21/h6-12,16-17,19,28H,5,13-15,18H2,1-4H3/t28-/m0/s1. The Kier molecular flexibility index (Phi) is 7.77. The van der Waals surface area contributed by atoms with Crippen molar-refractivity contribution >= 4 is 11.8 Å². The molecule has 0 saturated heterocycles. The molecule has 0 spiro atoms. The van der Waals surface area contributed by atoms with Crippen molar-refractivity contribution in [3.8, 4) is 5.75 Å². The number of carbonyl (C=O) groups excluding carboxylic acids is 2. The molecule has 0 fully saturated rings. The molecule has 0 bridgehead atoms. The van der Waals surface area contributed by atoms with E-state index in [1.165, 1.54) is 12.1 Å². The molecular formula is C29H33FN2O4. The number of ether oxygens (including phenoxy) is 1. The van der Waals surface area contributed by atoms with Gasteiger partial charge in [-0.2, -0.15) is 0 Å². The van der Waals surface area contributed by atoms with Gasteiger partial charge in [-0.3, -0.25) is 9.59 Å². The van der Waals surface area contributed by atoms with Crippen LogP contribution in [-0.4, -0.2) is 41.8 Å². The van der Waals surface area contributed by atoms with Crippen molar-refractivity contribution in [3.05, 3.63) is 88.6 Å². The Balaban J connectivity index is 1.59. The summed E-state index contributed by atoms with van der Waals surface area (Å²) in [5.74, 6) is 1.19. The summed E-state index contributed by atoms with van der Waals surface area (Å²) in [5, 5.41) is 0. The van der Waals surface area contributed by atoms with E-state index in [0.29, 0.717) is 31.0 Å². The summed E-state index contributed by atoms with van der Waals surface area (Å²) in [6.45, 7) is 7.26. The predicted molar refractivity (Wildman–Crippen MR) is 135 cm³/mol. The van der Waals surface area contributed by atoms with E-state index < -0.39 is 6.04 Å². The second-order valence-electron chi connectivity index (χ2n) is 9.63. The maximum Gasteiger partial charge on any atom is 0.289 e. The highest BCUT2D eigenvalue weighted by molar-refractivity contribution is 5.91. The average molecular weight is 493 g/mol. The molecule has 4 rings (SSSR count). The summed E-state index contributed by atoms with van der Waals surface area (Å²) in [5.41, 5.74) is 2.78. The van der Waals surface area contributed by atoms with Crippen LogP contribution in [0, 0.1) is 11.7 Å². The lowest BCUT2D eigenvalue weighted by molar-refractivity contribution is -0.134. The summed E-state index contributed by atoms with van der Waals surface area (Å²) in [4.78, 5) is 28.9. The molecule has 0 unspecified atom stereocenters. The van der Waals surface area contributed by atoms with Crippen LogP contribution in [0.4, 0.5) is 4.39 Å². The predicted octanol–water partition coefficient (Wildman–Crippen LogP) is 5.61. The number of nitrogens with zero attached hydrogens (tertiary/aromatic N) is 2. The van der Waals surface area contributed by atoms with Crippen molar-refractivity contribution < 1.29 is 23.1 Å². The van der Waals surface area contributed by atoms with Crippen LogP contribution < -0.4 is 4.74 Å². The third-order valence-corrected chi connectivity index (χ3v) is 6.49. The van der Waals surface area contributed by atoms with Crippen molar-refractivity contribution in [1.29, 1.82) is 0 Å². The molecule has 1 aliphatic heterocycles. The van der Waals surface area contributed by atoms with Gasteiger partial charge in [-0.1, -0.05) is 32.0 Å². The van der Waals surface area contributed by atoms with Gasteiger partial charge in [-0.05, 0) is 72.4 Å². The molecule has 0 N–H and O–H groups in total. The minimum atomic E-state index is -0.392. The number of furan rings is 1. The van der Waals surface area contributed by atoms with Crippen molar-refractivity contribution in [1.82, 2.24) is 9.80 Å². The Bertz CT molecular complexity index is 1240. The number of halogens is 1. The first kappa shape index (κ1) is 25.5. The molecule has 0 aliphatic carbocycles. The van der Waals surface area contributed by atoms with Gasteiger partial charge < -0.3 is 19.0 Å². The highest BCUT2D eigenvalue weighted by Crippen LogP contribution is 2.38. The SMILES string of the molecule is CCN(C)C(=O)c1ccc(COc2ccc3c(c2)[C@H](c2cccc(F)c2)N(C(=O)CC(C)C)CC3)o1. The van der Waals surface area contributed by atoms with Crippen LogP contribution in [-0.2, 0) is 17.8 Å². The van der Waals surface area contributed by atoms with Gasteiger partial charge in [0.1, 0.15) is 23.9 Å². The van der Waals surface area contributed by atoms with Gasteiger partial charge in [0.15, 0.2) is 5.76 Å². The zero-order chi connectivity index (χ0) is 25.8. The van der Waals surface area contributed by atoms with E-state index in [-0.39, 0.29) is 35.9 Å². The Morgan fingerprint density at radius 1 is 1.17 bits per heavy atom. The first-order chi connectivity index (χ1) is 17.3. The lowest BCUT2D eigenvalue weighted by atomic mass is 9.87. The zero-order valence-corrected chi connectivity index (χ0v) is 21.3. The number of hydrogen-bond donors (Lipinski definition) is 0. The smallest absolute Gasteiger partial charge is 0.289 e. The van der Waals surface area contributed by atoms with E-state index in [4.69, 9.17) is 9.15 Å². The van der Waals surface area contributed by atoms with Crippen LogP contribution in [0.25, 0.3) is 0 Å². The molecule has 6 nitrogen and oxygen atoms in total. The minimum Gasteiger partial charge on any atom is -0.486 e. The maximum absolute atomic E-state index is 14.2. The van der Waals surface area contributed by atoms with Gasteiger partial charge in [-0.25, -0.2) is 4.39 Å². The van der Waals surface area contributed by atoms with E-state index in [9.17, 15) is 14.0 Å². The number of amides is 2. The molecule has 2 heterocycles. The van der Waals surface area contributed by atoms with Crippen LogP contribution in [0.1, 0.15) is 66.2 Å². The Labute approximate surface area is 211 Å². The quantitative estimate of drug-likeness (QED) is 0.410. The number of carbonyl (C=O) groups is 2. The van der Waals surface area contributed by atoms with E-state index in [2.05, 4.69) is 0 Å². The highest BCUT2D eigenvalue weighted by Gasteiger charge is 2.32. The van der Waals surface area contributed by atoms with Gasteiger partial charge in [0.2, 0.25) is 5.91 Å². The largest absolute Gasteiger partial charge is 0.486 e. The maximum atomic E-state index is 14.2.